The van der Waals surface area contributed by atoms with Gasteiger partial charge in [-0.1, -0.05) is 15.9 Å². The Hall–Kier alpha value is -0.460. The third-order valence-electron chi connectivity index (χ3n) is 2.50. The molecule has 108 valence electrons. The van der Waals surface area contributed by atoms with E-state index in [1.165, 1.54) is 0 Å². The number of rotatable bonds is 7. The number of benzene rings is 1. The molecular formula is C12H18BrClN2O2S. The molecule has 0 amide bonds. The predicted molar refractivity (Wildman–Crippen MR) is 85.8 cm³/mol. The van der Waals surface area contributed by atoms with Crippen molar-refractivity contribution in [2.75, 3.05) is 35.4 Å². The molecule has 0 radical (unpaired) electrons. The number of nitrogens with zero attached hydrogens (tertiary/aromatic N) is 1. The number of nitrogens with one attached hydrogen (secondary N) is 1. The smallest absolute Gasteiger partial charge is 0.232 e. The minimum atomic E-state index is -3.34. The van der Waals surface area contributed by atoms with Crippen LogP contribution in [-0.4, -0.2) is 34.1 Å². The topological polar surface area (TPSA) is 49.4 Å². The summed E-state index contributed by atoms with van der Waals surface area (Å²) in [5.41, 5.74) is 1.40. The molecule has 0 aliphatic carbocycles. The van der Waals surface area contributed by atoms with E-state index in [0.717, 1.165) is 10.2 Å². The van der Waals surface area contributed by atoms with E-state index in [-0.39, 0.29) is 5.75 Å². The molecule has 7 heteroatoms. The van der Waals surface area contributed by atoms with Crippen molar-refractivity contribution in [3.05, 3.63) is 22.7 Å². The van der Waals surface area contributed by atoms with Gasteiger partial charge < -0.3 is 4.90 Å². The first-order chi connectivity index (χ1) is 8.85. The van der Waals surface area contributed by atoms with Gasteiger partial charge >= 0.3 is 0 Å². The second-order valence-corrected chi connectivity index (χ2v) is 7.51. The number of alkyl halides is 1. The van der Waals surface area contributed by atoms with Crippen LogP contribution < -0.4 is 9.62 Å². The largest absolute Gasteiger partial charge is 0.376 e. The van der Waals surface area contributed by atoms with E-state index in [1.807, 2.05) is 31.1 Å². The molecule has 0 aliphatic rings. The molecule has 0 saturated heterocycles. The summed E-state index contributed by atoms with van der Waals surface area (Å²) in [7, 11) is 0.403. The van der Waals surface area contributed by atoms with Crippen molar-refractivity contribution in [1.82, 2.24) is 0 Å². The van der Waals surface area contributed by atoms with Gasteiger partial charge in [-0.3, -0.25) is 4.72 Å². The highest BCUT2D eigenvalue weighted by molar-refractivity contribution is 9.10. The monoisotopic (exact) mass is 368 g/mol. The van der Waals surface area contributed by atoms with Gasteiger partial charge in [0, 0.05) is 24.4 Å². The number of unbranched alkanes of at least 4 members (excludes halogenated alkanes) is 1. The maximum absolute atomic E-state index is 12.0. The molecular weight excluding hydrogens is 352 g/mol. The first-order valence-electron chi connectivity index (χ1n) is 5.89. The molecule has 19 heavy (non-hydrogen) atoms. The molecule has 0 aliphatic heterocycles. The molecule has 4 nitrogen and oxygen atoms in total. The minimum Gasteiger partial charge on any atom is -0.376 e. The summed E-state index contributed by atoms with van der Waals surface area (Å²) < 4.78 is 27.4. The van der Waals surface area contributed by atoms with Crippen molar-refractivity contribution < 1.29 is 8.42 Å². The van der Waals surface area contributed by atoms with Gasteiger partial charge in [-0.15, -0.1) is 11.6 Å². The fourth-order valence-corrected chi connectivity index (χ4v) is 3.32. The number of sulfonamides is 1. The maximum Gasteiger partial charge on any atom is 0.232 e. The van der Waals surface area contributed by atoms with Crippen LogP contribution in [-0.2, 0) is 10.0 Å². The van der Waals surface area contributed by atoms with Gasteiger partial charge in [-0.05, 0) is 31.0 Å². The summed E-state index contributed by atoms with van der Waals surface area (Å²) in [5, 5.41) is 0. The molecule has 0 heterocycles. The Morgan fingerprint density at radius 1 is 1.32 bits per heavy atom. The lowest BCUT2D eigenvalue weighted by Gasteiger charge is -2.18. The van der Waals surface area contributed by atoms with Gasteiger partial charge in [0.1, 0.15) is 0 Å². The zero-order valence-corrected chi connectivity index (χ0v) is 14.1. The Bertz CT molecular complexity index is 520. The highest BCUT2D eigenvalue weighted by Gasteiger charge is 2.14. The average molecular weight is 370 g/mol. The van der Waals surface area contributed by atoms with Crippen molar-refractivity contribution in [2.45, 2.75) is 12.8 Å². The lowest BCUT2D eigenvalue weighted by molar-refractivity contribution is 0.598. The predicted octanol–water partition coefficient (Wildman–Crippen LogP) is 3.28. The van der Waals surface area contributed by atoms with Crippen LogP contribution in [0.2, 0.25) is 0 Å². The van der Waals surface area contributed by atoms with Crippen molar-refractivity contribution in [3.8, 4) is 0 Å². The summed E-state index contributed by atoms with van der Waals surface area (Å²) in [4.78, 5) is 1.86. The zero-order chi connectivity index (χ0) is 14.5. The fourth-order valence-electron chi connectivity index (χ4n) is 1.59. The lowest BCUT2D eigenvalue weighted by atomic mass is 10.2. The van der Waals surface area contributed by atoms with Crippen LogP contribution in [0.4, 0.5) is 11.4 Å². The van der Waals surface area contributed by atoms with Gasteiger partial charge in [0.05, 0.1) is 17.1 Å². The van der Waals surface area contributed by atoms with Crippen LogP contribution in [0, 0.1) is 0 Å². The van der Waals surface area contributed by atoms with Crippen LogP contribution in [0.25, 0.3) is 0 Å². The van der Waals surface area contributed by atoms with Crippen LogP contribution in [0.3, 0.4) is 0 Å². The second-order valence-electron chi connectivity index (χ2n) is 4.37. The van der Waals surface area contributed by atoms with Crippen molar-refractivity contribution in [2.24, 2.45) is 0 Å². The lowest BCUT2D eigenvalue weighted by Crippen LogP contribution is -2.19. The van der Waals surface area contributed by atoms with Crippen LogP contribution in [0.1, 0.15) is 12.8 Å². The van der Waals surface area contributed by atoms with Gasteiger partial charge in [0.15, 0.2) is 0 Å². The number of halogens is 2. The molecule has 1 N–H and O–H groups in total. The molecule has 0 saturated carbocycles. The molecule has 0 aromatic heterocycles. The molecule has 0 atom stereocenters. The number of hydrogen-bond acceptors (Lipinski definition) is 3. The van der Waals surface area contributed by atoms with Crippen LogP contribution >= 0.6 is 27.5 Å². The van der Waals surface area contributed by atoms with E-state index in [1.54, 1.807) is 6.07 Å². The van der Waals surface area contributed by atoms with Gasteiger partial charge in [0.25, 0.3) is 0 Å². The van der Waals surface area contributed by atoms with E-state index < -0.39 is 10.0 Å². The third kappa shape index (κ3) is 5.58. The molecule has 1 rings (SSSR count). The Morgan fingerprint density at radius 2 is 2.00 bits per heavy atom. The van der Waals surface area contributed by atoms with E-state index in [9.17, 15) is 8.42 Å². The van der Waals surface area contributed by atoms with E-state index in [4.69, 9.17) is 11.6 Å². The van der Waals surface area contributed by atoms with Crippen molar-refractivity contribution in [1.29, 1.82) is 0 Å². The van der Waals surface area contributed by atoms with Crippen LogP contribution in [0.5, 0.6) is 0 Å². The fraction of sp³-hybridized carbons (Fsp3) is 0.500. The first kappa shape index (κ1) is 16.6. The Labute approximate surface area is 128 Å². The summed E-state index contributed by atoms with van der Waals surface area (Å²) in [5.74, 6) is 0.564. The summed E-state index contributed by atoms with van der Waals surface area (Å²) in [6.07, 6.45) is 1.26. The quantitative estimate of drug-likeness (QED) is 0.593. The summed E-state index contributed by atoms with van der Waals surface area (Å²) >= 11 is 8.90. The van der Waals surface area contributed by atoms with Crippen LogP contribution in [0.15, 0.2) is 22.7 Å². The average Bonchev–Trinajstić information content (AvgIpc) is 2.28. The number of anilines is 2. The Balaban J connectivity index is 2.88. The Morgan fingerprint density at radius 3 is 2.58 bits per heavy atom. The molecule has 0 bridgehead atoms. The first-order valence-corrected chi connectivity index (χ1v) is 8.87. The third-order valence-corrected chi connectivity index (χ3v) is 4.62. The van der Waals surface area contributed by atoms with Gasteiger partial charge in [0.2, 0.25) is 10.0 Å². The van der Waals surface area contributed by atoms with E-state index >= 15 is 0 Å². The normalized spacial score (nSPS) is 11.4. The highest BCUT2D eigenvalue weighted by atomic mass is 79.9. The highest BCUT2D eigenvalue weighted by Crippen LogP contribution is 2.28. The second kappa shape index (κ2) is 7.36. The summed E-state index contributed by atoms with van der Waals surface area (Å²) in [6, 6.07) is 5.50. The summed E-state index contributed by atoms with van der Waals surface area (Å²) in [6.45, 7) is 0. The van der Waals surface area contributed by atoms with E-state index in [2.05, 4.69) is 20.7 Å². The molecule has 1 aromatic rings. The van der Waals surface area contributed by atoms with Crippen molar-refractivity contribution in [3.63, 3.8) is 0 Å². The molecule has 1 aromatic carbocycles. The zero-order valence-electron chi connectivity index (χ0n) is 11.0. The number of hydrogen-bond donors (Lipinski definition) is 1. The van der Waals surface area contributed by atoms with Crippen molar-refractivity contribution >= 4 is 48.9 Å². The maximum atomic E-state index is 12.0. The van der Waals surface area contributed by atoms with E-state index in [0.29, 0.717) is 24.4 Å². The molecule has 0 spiro atoms. The molecule has 0 fully saturated rings. The standard InChI is InChI=1S/C12H18BrClN2O2S/c1-16(2)12-6-5-10(13)9-11(12)15-19(17,18)8-4-3-7-14/h5-6,9,15H,3-4,7-8H2,1-2H3. The Kier molecular flexibility index (Phi) is 6.42. The van der Waals surface area contributed by atoms with Gasteiger partial charge in [-0.25, -0.2) is 8.42 Å². The molecule has 0 unspecified atom stereocenters. The SMILES string of the molecule is CN(C)c1ccc(Br)cc1NS(=O)(=O)CCCCCl. The minimum absolute atomic E-state index is 0.0824. The van der Waals surface area contributed by atoms with Gasteiger partial charge in [-0.2, -0.15) is 0 Å².